The van der Waals surface area contributed by atoms with Gasteiger partial charge < -0.3 is 16.2 Å². The number of fused-ring (bicyclic) bond motifs is 1. The Kier molecular flexibility index (Phi) is 4.52. The molecule has 0 radical (unpaired) electrons. The highest BCUT2D eigenvalue weighted by atomic mass is 35.5. The number of anilines is 2. The number of halogens is 2. The molecule has 0 aliphatic carbocycles. The average Bonchev–Trinajstić information content (AvgIpc) is 2.54. The topological polar surface area (TPSA) is 84.1 Å². The van der Waals surface area contributed by atoms with Crippen molar-refractivity contribution in [1.82, 2.24) is 9.97 Å². The van der Waals surface area contributed by atoms with Gasteiger partial charge in [-0.1, -0.05) is 41.4 Å². The summed E-state index contributed by atoms with van der Waals surface area (Å²) in [5.74, 6) is 0.748. The molecule has 0 amide bonds. The SMILES string of the molecule is Nc1nc(NCCO)c2ccc(-c3cccc(Cl)c3Cl)cc2n1. The number of aliphatic hydroxyl groups is 1. The summed E-state index contributed by atoms with van der Waals surface area (Å²) >= 11 is 12.4. The molecule has 0 aliphatic rings. The van der Waals surface area contributed by atoms with Crippen LogP contribution in [0, 0.1) is 0 Å². The number of rotatable bonds is 4. The number of benzene rings is 2. The van der Waals surface area contributed by atoms with Crippen molar-refractivity contribution in [3.63, 3.8) is 0 Å². The standard InChI is InChI=1S/C16H14Cl2N4O/c17-12-3-1-2-10(14(12)18)9-4-5-11-13(8-9)21-16(19)22-15(11)20-6-7-23/h1-5,8,23H,6-7H2,(H3,19,20,21,22). The van der Waals surface area contributed by atoms with Crippen LogP contribution in [-0.4, -0.2) is 28.2 Å². The van der Waals surface area contributed by atoms with E-state index in [1.54, 1.807) is 6.07 Å². The van der Waals surface area contributed by atoms with Gasteiger partial charge in [-0.3, -0.25) is 0 Å². The van der Waals surface area contributed by atoms with E-state index in [1.165, 1.54) is 0 Å². The predicted molar refractivity (Wildman–Crippen MR) is 95.0 cm³/mol. The molecule has 3 rings (SSSR count). The summed E-state index contributed by atoms with van der Waals surface area (Å²) in [7, 11) is 0. The van der Waals surface area contributed by atoms with Gasteiger partial charge in [0.1, 0.15) is 5.82 Å². The quantitative estimate of drug-likeness (QED) is 0.670. The van der Waals surface area contributed by atoms with E-state index in [1.807, 2.05) is 30.3 Å². The molecule has 5 nitrogen and oxygen atoms in total. The number of nitrogens with one attached hydrogen (secondary N) is 1. The van der Waals surface area contributed by atoms with Crippen LogP contribution in [0.2, 0.25) is 10.0 Å². The maximum atomic E-state index is 8.95. The Balaban J connectivity index is 2.14. The Hall–Kier alpha value is -2.08. The van der Waals surface area contributed by atoms with Crippen molar-refractivity contribution in [2.75, 3.05) is 24.2 Å². The van der Waals surface area contributed by atoms with Crippen molar-refractivity contribution in [2.45, 2.75) is 0 Å². The Morgan fingerprint density at radius 2 is 1.96 bits per heavy atom. The fraction of sp³-hybridized carbons (Fsp3) is 0.125. The van der Waals surface area contributed by atoms with Gasteiger partial charge in [-0.2, -0.15) is 4.98 Å². The molecule has 2 aromatic carbocycles. The smallest absolute Gasteiger partial charge is 0.222 e. The van der Waals surface area contributed by atoms with Gasteiger partial charge in [0.15, 0.2) is 0 Å². The van der Waals surface area contributed by atoms with Gasteiger partial charge >= 0.3 is 0 Å². The van der Waals surface area contributed by atoms with Crippen molar-refractivity contribution < 1.29 is 5.11 Å². The minimum Gasteiger partial charge on any atom is -0.395 e. The van der Waals surface area contributed by atoms with Gasteiger partial charge in [-0.15, -0.1) is 0 Å². The highest BCUT2D eigenvalue weighted by molar-refractivity contribution is 6.43. The van der Waals surface area contributed by atoms with Crippen LogP contribution in [0.15, 0.2) is 36.4 Å². The van der Waals surface area contributed by atoms with Gasteiger partial charge in [-0.05, 0) is 23.8 Å². The maximum Gasteiger partial charge on any atom is 0.222 e. The average molecular weight is 349 g/mol. The van der Waals surface area contributed by atoms with Crippen molar-refractivity contribution in [3.05, 3.63) is 46.4 Å². The van der Waals surface area contributed by atoms with Crippen LogP contribution in [0.5, 0.6) is 0 Å². The summed E-state index contributed by atoms with van der Waals surface area (Å²) in [6.07, 6.45) is 0. The van der Waals surface area contributed by atoms with E-state index in [9.17, 15) is 0 Å². The summed E-state index contributed by atoms with van der Waals surface area (Å²) in [6, 6.07) is 11.2. The molecular formula is C16H14Cl2N4O. The number of nitrogen functional groups attached to an aromatic ring is 1. The van der Waals surface area contributed by atoms with Gasteiger partial charge in [-0.25, -0.2) is 4.98 Å². The number of nitrogens with zero attached hydrogens (tertiary/aromatic N) is 2. The van der Waals surface area contributed by atoms with Gasteiger partial charge in [0, 0.05) is 17.5 Å². The van der Waals surface area contributed by atoms with E-state index in [-0.39, 0.29) is 12.6 Å². The second-order valence-electron chi connectivity index (χ2n) is 4.91. The van der Waals surface area contributed by atoms with Crippen LogP contribution in [-0.2, 0) is 0 Å². The lowest BCUT2D eigenvalue weighted by Crippen LogP contribution is -2.09. The van der Waals surface area contributed by atoms with Gasteiger partial charge in [0.25, 0.3) is 0 Å². The zero-order valence-electron chi connectivity index (χ0n) is 12.1. The molecule has 0 fully saturated rings. The second kappa shape index (κ2) is 6.58. The Morgan fingerprint density at radius 1 is 1.13 bits per heavy atom. The van der Waals surface area contributed by atoms with Gasteiger partial charge in [0.2, 0.25) is 5.95 Å². The number of aromatic nitrogens is 2. The molecule has 7 heteroatoms. The molecule has 3 aromatic rings. The molecule has 4 N–H and O–H groups in total. The van der Waals surface area contributed by atoms with Crippen molar-refractivity contribution in [2.24, 2.45) is 0 Å². The summed E-state index contributed by atoms with van der Waals surface area (Å²) in [4.78, 5) is 8.44. The fourth-order valence-electron chi connectivity index (χ4n) is 2.35. The lowest BCUT2D eigenvalue weighted by Gasteiger charge is -2.11. The minimum atomic E-state index is 0.00159. The Bertz CT molecular complexity index is 870. The zero-order chi connectivity index (χ0) is 16.4. The first-order valence-corrected chi connectivity index (χ1v) is 7.72. The number of hydrogen-bond donors (Lipinski definition) is 3. The molecule has 0 saturated heterocycles. The highest BCUT2D eigenvalue weighted by Crippen LogP contribution is 2.35. The van der Waals surface area contributed by atoms with E-state index in [0.29, 0.717) is 27.9 Å². The first-order valence-electron chi connectivity index (χ1n) is 6.96. The van der Waals surface area contributed by atoms with Crippen LogP contribution in [0.3, 0.4) is 0 Å². The summed E-state index contributed by atoms with van der Waals surface area (Å²) in [5.41, 5.74) is 8.16. The second-order valence-corrected chi connectivity index (χ2v) is 5.70. The molecule has 0 saturated carbocycles. The third-order valence-corrected chi connectivity index (χ3v) is 4.20. The van der Waals surface area contributed by atoms with Crippen LogP contribution < -0.4 is 11.1 Å². The molecular weight excluding hydrogens is 335 g/mol. The lowest BCUT2D eigenvalue weighted by atomic mass is 10.0. The van der Waals surface area contributed by atoms with Crippen LogP contribution in [0.1, 0.15) is 0 Å². The monoisotopic (exact) mass is 348 g/mol. The predicted octanol–water partition coefficient (Wildman–Crippen LogP) is 3.59. The molecule has 0 aliphatic heterocycles. The summed E-state index contributed by atoms with van der Waals surface area (Å²) in [5, 5.41) is 13.8. The number of hydrogen-bond acceptors (Lipinski definition) is 5. The Morgan fingerprint density at radius 3 is 2.74 bits per heavy atom. The molecule has 1 heterocycles. The zero-order valence-corrected chi connectivity index (χ0v) is 13.6. The first-order chi connectivity index (χ1) is 11.1. The van der Waals surface area contributed by atoms with Gasteiger partial charge in [0.05, 0.1) is 22.2 Å². The summed E-state index contributed by atoms with van der Waals surface area (Å²) < 4.78 is 0. The van der Waals surface area contributed by atoms with E-state index in [0.717, 1.165) is 16.5 Å². The van der Waals surface area contributed by atoms with Crippen LogP contribution >= 0.6 is 23.2 Å². The minimum absolute atomic E-state index is 0.00159. The molecule has 23 heavy (non-hydrogen) atoms. The lowest BCUT2D eigenvalue weighted by molar-refractivity contribution is 0.311. The highest BCUT2D eigenvalue weighted by Gasteiger charge is 2.11. The normalized spacial score (nSPS) is 10.9. The van der Waals surface area contributed by atoms with Crippen molar-refractivity contribution in [1.29, 1.82) is 0 Å². The van der Waals surface area contributed by atoms with E-state index in [2.05, 4.69) is 15.3 Å². The van der Waals surface area contributed by atoms with Crippen molar-refractivity contribution >= 4 is 45.9 Å². The maximum absolute atomic E-state index is 8.95. The number of nitrogens with two attached hydrogens (primary N) is 1. The summed E-state index contributed by atoms with van der Waals surface area (Å²) in [6.45, 7) is 0.384. The van der Waals surface area contributed by atoms with Crippen LogP contribution in [0.25, 0.3) is 22.0 Å². The molecule has 0 spiro atoms. The van der Waals surface area contributed by atoms with E-state index < -0.39 is 0 Å². The molecule has 1 aromatic heterocycles. The molecule has 0 bridgehead atoms. The molecule has 118 valence electrons. The third kappa shape index (κ3) is 3.17. The van der Waals surface area contributed by atoms with Crippen LogP contribution in [0.4, 0.5) is 11.8 Å². The number of aliphatic hydroxyl groups excluding tert-OH is 1. The fourth-order valence-corrected chi connectivity index (χ4v) is 2.76. The van der Waals surface area contributed by atoms with E-state index >= 15 is 0 Å². The Labute approximate surface area is 143 Å². The molecule has 0 atom stereocenters. The van der Waals surface area contributed by atoms with E-state index in [4.69, 9.17) is 34.0 Å². The third-order valence-electron chi connectivity index (χ3n) is 3.38. The largest absolute Gasteiger partial charge is 0.395 e. The van der Waals surface area contributed by atoms with Crippen molar-refractivity contribution in [3.8, 4) is 11.1 Å². The molecule has 0 unspecified atom stereocenters. The first kappa shape index (κ1) is 15.8.